The van der Waals surface area contributed by atoms with Gasteiger partial charge >= 0.3 is 0 Å². The van der Waals surface area contributed by atoms with Gasteiger partial charge in [-0.2, -0.15) is 0 Å². The average Bonchev–Trinajstić information content (AvgIpc) is 2.09. The van der Waals surface area contributed by atoms with Crippen molar-refractivity contribution in [3.63, 3.8) is 0 Å². The highest BCUT2D eigenvalue weighted by Gasteiger charge is 2.07. The topological polar surface area (TPSA) is 58.9 Å². The van der Waals surface area contributed by atoms with Crippen LogP contribution in [0.2, 0.25) is 0 Å². The van der Waals surface area contributed by atoms with Crippen molar-refractivity contribution < 1.29 is 20.0 Å². The second-order valence-electron chi connectivity index (χ2n) is 2.13. The Morgan fingerprint density at radius 2 is 2.00 bits per heavy atom. The van der Waals surface area contributed by atoms with Gasteiger partial charge in [-0.3, -0.25) is 0 Å². The number of hydrogen-bond acceptors (Lipinski definition) is 4. The molecular weight excluding hydrogens is 160 g/mol. The van der Waals surface area contributed by atoms with E-state index in [0.29, 0.717) is 12.4 Å². The summed E-state index contributed by atoms with van der Waals surface area (Å²) in [6.45, 7) is 2.24. The van der Waals surface area contributed by atoms with Gasteiger partial charge in [0.05, 0.1) is 6.61 Å². The highest BCUT2D eigenvalue weighted by molar-refractivity contribution is 5.49. The second-order valence-corrected chi connectivity index (χ2v) is 2.13. The molecule has 0 aliphatic carbocycles. The summed E-state index contributed by atoms with van der Waals surface area (Å²) in [5, 5.41) is 17.6. The first-order chi connectivity index (χ1) is 5.79. The molecule has 0 saturated carbocycles. The SMILES string of the molecule is CCOc1cccc(OO)c1O. The van der Waals surface area contributed by atoms with E-state index in [9.17, 15) is 5.11 Å². The van der Waals surface area contributed by atoms with Crippen molar-refractivity contribution in [2.75, 3.05) is 6.61 Å². The van der Waals surface area contributed by atoms with E-state index in [-0.39, 0.29) is 11.5 Å². The highest BCUT2D eigenvalue weighted by atomic mass is 17.1. The molecule has 4 nitrogen and oxygen atoms in total. The van der Waals surface area contributed by atoms with E-state index < -0.39 is 0 Å². The Balaban J connectivity index is 2.97. The average molecular weight is 170 g/mol. The number of benzene rings is 1. The molecule has 1 rings (SSSR count). The summed E-state index contributed by atoms with van der Waals surface area (Å²) in [4.78, 5) is 3.90. The quantitative estimate of drug-likeness (QED) is 0.534. The summed E-state index contributed by atoms with van der Waals surface area (Å²) in [6.07, 6.45) is 0. The van der Waals surface area contributed by atoms with Crippen LogP contribution in [0.4, 0.5) is 0 Å². The lowest BCUT2D eigenvalue weighted by atomic mass is 10.3. The van der Waals surface area contributed by atoms with E-state index in [1.807, 2.05) is 0 Å². The molecule has 0 fully saturated rings. The van der Waals surface area contributed by atoms with Crippen LogP contribution >= 0.6 is 0 Å². The van der Waals surface area contributed by atoms with E-state index >= 15 is 0 Å². The zero-order valence-corrected chi connectivity index (χ0v) is 6.65. The van der Waals surface area contributed by atoms with Gasteiger partial charge in [-0.1, -0.05) is 6.07 Å². The van der Waals surface area contributed by atoms with Crippen molar-refractivity contribution in [2.45, 2.75) is 6.92 Å². The van der Waals surface area contributed by atoms with E-state index in [0.717, 1.165) is 0 Å². The Labute approximate surface area is 69.9 Å². The lowest BCUT2D eigenvalue weighted by molar-refractivity contribution is -0.139. The van der Waals surface area contributed by atoms with Gasteiger partial charge in [0.25, 0.3) is 0 Å². The molecule has 0 aromatic heterocycles. The minimum absolute atomic E-state index is 0.0130. The van der Waals surface area contributed by atoms with E-state index in [1.54, 1.807) is 19.1 Å². The molecule has 0 saturated heterocycles. The standard InChI is InChI=1S/C8H10O4/c1-2-11-6-4-3-5-7(12-10)8(6)9/h3-5,9-10H,2H2,1H3. The van der Waals surface area contributed by atoms with Gasteiger partial charge in [0.15, 0.2) is 5.75 Å². The van der Waals surface area contributed by atoms with Crippen molar-refractivity contribution in [3.8, 4) is 17.2 Å². The predicted molar refractivity (Wildman–Crippen MR) is 42.5 cm³/mol. The van der Waals surface area contributed by atoms with Gasteiger partial charge in [0, 0.05) is 0 Å². The molecule has 0 spiro atoms. The molecule has 66 valence electrons. The van der Waals surface area contributed by atoms with Crippen molar-refractivity contribution >= 4 is 0 Å². The summed E-state index contributed by atoms with van der Waals surface area (Å²) in [5.41, 5.74) is 0. The number of phenolic OH excluding ortho intramolecular Hbond substituents is 1. The monoisotopic (exact) mass is 170 g/mol. The van der Waals surface area contributed by atoms with E-state index in [2.05, 4.69) is 4.89 Å². The number of aromatic hydroxyl groups is 1. The number of phenols is 1. The molecule has 12 heavy (non-hydrogen) atoms. The Kier molecular flexibility index (Phi) is 2.76. The minimum Gasteiger partial charge on any atom is -0.502 e. The fourth-order valence-electron chi connectivity index (χ4n) is 0.848. The number of rotatable bonds is 3. The van der Waals surface area contributed by atoms with Gasteiger partial charge in [-0.05, 0) is 19.1 Å². The summed E-state index contributed by atoms with van der Waals surface area (Å²) in [6, 6.07) is 4.62. The largest absolute Gasteiger partial charge is 0.502 e. The Morgan fingerprint density at radius 1 is 1.33 bits per heavy atom. The van der Waals surface area contributed by atoms with Crippen LogP contribution in [-0.4, -0.2) is 17.0 Å². The Bertz CT molecular complexity index is 259. The molecule has 4 heteroatoms. The zero-order valence-electron chi connectivity index (χ0n) is 6.65. The van der Waals surface area contributed by atoms with E-state index in [4.69, 9.17) is 9.99 Å². The van der Waals surface area contributed by atoms with Gasteiger partial charge in [0.1, 0.15) is 0 Å². The normalized spacial score (nSPS) is 9.50. The maximum absolute atomic E-state index is 9.31. The molecule has 0 aliphatic heterocycles. The van der Waals surface area contributed by atoms with Crippen LogP contribution in [0.1, 0.15) is 6.92 Å². The van der Waals surface area contributed by atoms with Crippen LogP contribution in [0.5, 0.6) is 17.2 Å². The molecule has 0 atom stereocenters. The molecular formula is C8H10O4. The molecule has 0 bridgehead atoms. The lowest BCUT2D eigenvalue weighted by Crippen LogP contribution is -1.93. The van der Waals surface area contributed by atoms with Gasteiger partial charge < -0.3 is 14.7 Å². The highest BCUT2D eigenvalue weighted by Crippen LogP contribution is 2.35. The molecule has 2 N–H and O–H groups in total. The first-order valence-corrected chi connectivity index (χ1v) is 3.55. The molecule has 1 aromatic carbocycles. The first kappa shape index (κ1) is 8.67. The fraction of sp³-hybridized carbons (Fsp3) is 0.250. The minimum atomic E-state index is -0.193. The van der Waals surface area contributed by atoms with Crippen LogP contribution < -0.4 is 9.62 Å². The number of hydrogen-bond donors (Lipinski definition) is 2. The summed E-state index contributed by atoms with van der Waals surface area (Å²) in [5.74, 6) is 0.0897. The Morgan fingerprint density at radius 3 is 2.58 bits per heavy atom. The van der Waals surface area contributed by atoms with Crippen LogP contribution in [0.25, 0.3) is 0 Å². The molecule has 0 unspecified atom stereocenters. The fourth-order valence-corrected chi connectivity index (χ4v) is 0.848. The maximum Gasteiger partial charge on any atom is 0.210 e. The molecule has 0 aliphatic rings. The Hall–Kier alpha value is -1.42. The van der Waals surface area contributed by atoms with Crippen molar-refractivity contribution in [1.29, 1.82) is 0 Å². The molecule has 0 radical (unpaired) electrons. The molecule has 0 heterocycles. The van der Waals surface area contributed by atoms with Crippen LogP contribution in [0.3, 0.4) is 0 Å². The third kappa shape index (κ3) is 1.60. The van der Waals surface area contributed by atoms with Crippen LogP contribution in [-0.2, 0) is 0 Å². The van der Waals surface area contributed by atoms with Crippen molar-refractivity contribution in [1.82, 2.24) is 0 Å². The predicted octanol–water partition coefficient (Wildman–Crippen LogP) is 1.64. The van der Waals surface area contributed by atoms with Crippen LogP contribution in [0.15, 0.2) is 18.2 Å². The lowest BCUT2D eigenvalue weighted by Gasteiger charge is -2.06. The smallest absolute Gasteiger partial charge is 0.210 e. The maximum atomic E-state index is 9.31. The van der Waals surface area contributed by atoms with Gasteiger partial charge in [0.2, 0.25) is 11.5 Å². The van der Waals surface area contributed by atoms with Crippen LogP contribution in [0, 0.1) is 0 Å². The third-order valence-electron chi connectivity index (χ3n) is 1.36. The van der Waals surface area contributed by atoms with Crippen molar-refractivity contribution in [2.24, 2.45) is 0 Å². The van der Waals surface area contributed by atoms with Crippen molar-refractivity contribution in [3.05, 3.63) is 18.2 Å². The summed E-state index contributed by atoms with van der Waals surface area (Å²) < 4.78 is 5.04. The summed E-state index contributed by atoms with van der Waals surface area (Å²) >= 11 is 0. The second kappa shape index (κ2) is 3.82. The third-order valence-corrected chi connectivity index (χ3v) is 1.36. The zero-order chi connectivity index (χ0) is 8.97. The number of ether oxygens (including phenoxy) is 1. The van der Waals surface area contributed by atoms with Gasteiger partial charge in [-0.25, -0.2) is 5.26 Å². The number of para-hydroxylation sites is 1. The van der Waals surface area contributed by atoms with Gasteiger partial charge in [-0.15, -0.1) is 0 Å². The van der Waals surface area contributed by atoms with E-state index in [1.165, 1.54) is 6.07 Å². The summed E-state index contributed by atoms with van der Waals surface area (Å²) in [7, 11) is 0. The molecule has 0 amide bonds. The molecule has 1 aromatic rings. The first-order valence-electron chi connectivity index (χ1n) is 3.55.